The SMILES string of the molecule is CC(C)(F)c1cc(Br)cc(-c2c(OC(F)F)c[c]cc2OC(F)(F)F)c1. The smallest absolute Gasteiger partial charge is 0.434 e. The molecule has 0 fully saturated rings. The number of halogens is 7. The molecule has 141 valence electrons. The van der Waals surface area contributed by atoms with Crippen LogP contribution < -0.4 is 9.47 Å². The van der Waals surface area contributed by atoms with Crippen LogP contribution in [0.1, 0.15) is 19.4 Å². The molecule has 0 N–H and O–H groups in total. The maximum Gasteiger partial charge on any atom is 0.573 e. The molecule has 0 atom stereocenters. The second-order valence-electron chi connectivity index (χ2n) is 5.69. The molecular weight excluding hydrogens is 430 g/mol. The first kappa shape index (κ1) is 20.4. The third-order valence-electron chi connectivity index (χ3n) is 3.24. The molecule has 0 aromatic heterocycles. The molecular formula is C17H12BrF6O2. The molecule has 1 radical (unpaired) electrons. The van der Waals surface area contributed by atoms with Crippen LogP contribution in [0.4, 0.5) is 26.3 Å². The molecule has 0 bridgehead atoms. The van der Waals surface area contributed by atoms with Crippen molar-refractivity contribution >= 4 is 15.9 Å². The second-order valence-corrected chi connectivity index (χ2v) is 6.60. The molecule has 2 aromatic carbocycles. The Hall–Kier alpha value is -1.90. The number of rotatable bonds is 5. The van der Waals surface area contributed by atoms with Crippen molar-refractivity contribution in [1.29, 1.82) is 0 Å². The van der Waals surface area contributed by atoms with Gasteiger partial charge in [-0.2, -0.15) is 8.78 Å². The first-order valence-corrected chi connectivity index (χ1v) is 7.91. The van der Waals surface area contributed by atoms with Gasteiger partial charge in [-0.05, 0) is 61.4 Å². The van der Waals surface area contributed by atoms with E-state index >= 15 is 0 Å². The van der Waals surface area contributed by atoms with Gasteiger partial charge in [0.05, 0.1) is 5.56 Å². The van der Waals surface area contributed by atoms with E-state index in [0.29, 0.717) is 4.47 Å². The Bertz CT molecular complexity index is 784. The van der Waals surface area contributed by atoms with Gasteiger partial charge < -0.3 is 9.47 Å². The third kappa shape index (κ3) is 5.30. The fourth-order valence-corrected chi connectivity index (χ4v) is 2.71. The largest absolute Gasteiger partial charge is 0.573 e. The maximum atomic E-state index is 14.3. The maximum absolute atomic E-state index is 14.3. The van der Waals surface area contributed by atoms with Crippen LogP contribution in [0.2, 0.25) is 0 Å². The lowest BCUT2D eigenvalue weighted by Crippen LogP contribution is -2.18. The summed E-state index contributed by atoms with van der Waals surface area (Å²) in [5.41, 5.74) is -2.10. The van der Waals surface area contributed by atoms with E-state index in [9.17, 15) is 26.3 Å². The van der Waals surface area contributed by atoms with Crippen molar-refractivity contribution in [2.45, 2.75) is 32.5 Å². The van der Waals surface area contributed by atoms with E-state index < -0.39 is 35.7 Å². The summed E-state index contributed by atoms with van der Waals surface area (Å²) in [6.07, 6.45) is -5.07. The Labute approximate surface area is 153 Å². The molecule has 2 aromatic rings. The van der Waals surface area contributed by atoms with E-state index in [1.807, 2.05) is 0 Å². The van der Waals surface area contributed by atoms with E-state index in [2.05, 4.69) is 31.5 Å². The number of ether oxygens (including phenoxy) is 2. The van der Waals surface area contributed by atoms with Gasteiger partial charge in [-0.3, -0.25) is 0 Å². The lowest BCUT2D eigenvalue weighted by Gasteiger charge is -2.20. The molecule has 0 unspecified atom stereocenters. The van der Waals surface area contributed by atoms with Crippen molar-refractivity contribution < 1.29 is 35.8 Å². The summed E-state index contributed by atoms with van der Waals surface area (Å²) in [6.45, 7) is -0.783. The summed E-state index contributed by atoms with van der Waals surface area (Å²) in [4.78, 5) is 0. The van der Waals surface area contributed by atoms with Crippen molar-refractivity contribution in [3.63, 3.8) is 0 Å². The van der Waals surface area contributed by atoms with Crippen molar-refractivity contribution in [2.75, 3.05) is 0 Å². The quantitative estimate of drug-likeness (QED) is 0.485. The lowest BCUT2D eigenvalue weighted by atomic mass is 9.94. The zero-order valence-corrected chi connectivity index (χ0v) is 15.0. The molecule has 0 aliphatic carbocycles. The van der Waals surface area contributed by atoms with Gasteiger partial charge in [-0.1, -0.05) is 15.9 Å². The van der Waals surface area contributed by atoms with Crippen LogP contribution in [0.3, 0.4) is 0 Å². The van der Waals surface area contributed by atoms with Crippen LogP contribution in [0.5, 0.6) is 11.5 Å². The average Bonchev–Trinajstić information content (AvgIpc) is 2.43. The van der Waals surface area contributed by atoms with Gasteiger partial charge in [-0.25, -0.2) is 4.39 Å². The van der Waals surface area contributed by atoms with Gasteiger partial charge in [0, 0.05) is 4.47 Å². The zero-order chi connectivity index (χ0) is 19.7. The molecule has 0 saturated carbocycles. The minimum absolute atomic E-state index is 0.00370. The predicted octanol–water partition coefficient (Wildman–Crippen LogP) is 6.62. The van der Waals surface area contributed by atoms with Crippen LogP contribution >= 0.6 is 15.9 Å². The fraction of sp³-hybridized carbons (Fsp3) is 0.294. The highest BCUT2D eigenvalue weighted by Crippen LogP contribution is 2.43. The highest BCUT2D eigenvalue weighted by Gasteiger charge is 2.33. The lowest BCUT2D eigenvalue weighted by molar-refractivity contribution is -0.274. The highest BCUT2D eigenvalue weighted by atomic mass is 79.9. The van der Waals surface area contributed by atoms with Crippen LogP contribution in [0, 0.1) is 6.07 Å². The minimum atomic E-state index is -5.07. The molecule has 0 heterocycles. The third-order valence-corrected chi connectivity index (χ3v) is 3.69. The van der Waals surface area contributed by atoms with Crippen LogP contribution in [0.15, 0.2) is 34.8 Å². The van der Waals surface area contributed by atoms with E-state index in [0.717, 1.165) is 12.1 Å². The van der Waals surface area contributed by atoms with Crippen molar-refractivity contribution in [1.82, 2.24) is 0 Å². The molecule has 0 spiro atoms. The Morgan fingerprint density at radius 3 is 2.15 bits per heavy atom. The second kappa shape index (κ2) is 7.38. The fourth-order valence-electron chi connectivity index (χ4n) is 2.21. The highest BCUT2D eigenvalue weighted by molar-refractivity contribution is 9.10. The monoisotopic (exact) mass is 441 g/mol. The van der Waals surface area contributed by atoms with E-state index in [1.54, 1.807) is 0 Å². The number of benzene rings is 2. The number of hydrogen-bond acceptors (Lipinski definition) is 2. The topological polar surface area (TPSA) is 18.5 Å². The first-order chi connectivity index (χ1) is 11.9. The molecule has 26 heavy (non-hydrogen) atoms. The molecule has 2 rings (SSSR count). The normalized spacial score (nSPS) is 12.4. The summed E-state index contributed by atoms with van der Waals surface area (Å²) in [7, 11) is 0. The zero-order valence-electron chi connectivity index (χ0n) is 13.4. The predicted molar refractivity (Wildman–Crippen MR) is 85.9 cm³/mol. The molecule has 0 amide bonds. The van der Waals surface area contributed by atoms with Gasteiger partial charge in [-0.15, -0.1) is 13.2 Å². The van der Waals surface area contributed by atoms with Gasteiger partial charge in [0.1, 0.15) is 17.2 Å². The van der Waals surface area contributed by atoms with Gasteiger partial charge in [0.15, 0.2) is 0 Å². The molecule has 9 heteroatoms. The summed E-state index contributed by atoms with van der Waals surface area (Å²) in [5.74, 6) is -1.38. The van der Waals surface area contributed by atoms with Gasteiger partial charge in [0.25, 0.3) is 0 Å². The van der Waals surface area contributed by atoms with E-state index in [4.69, 9.17) is 0 Å². The van der Waals surface area contributed by atoms with Crippen LogP contribution in [-0.4, -0.2) is 13.0 Å². The summed E-state index contributed by atoms with van der Waals surface area (Å²) in [6, 6.07) is 8.05. The Balaban J connectivity index is 2.71. The van der Waals surface area contributed by atoms with Gasteiger partial charge >= 0.3 is 13.0 Å². The number of alkyl halides is 6. The van der Waals surface area contributed by atoms with Crippen LogP contribution in [0.25, 0.3) is 11.1 Å². The summed E-state index contributed by atoms with van der Waals surface area (Å²) in [5, 5.41) is 0. The average molecular weight is 442 g/mol. The van der Waals surface area contributed by atoms with E-state index in [1.165, 1.54) is 32.0 Å². The molecule has 0 aliphatic heterocycles. The van der Waals surface area contributed by atoms with E-state index in [-0.39, 0.29) is 11.1 Å². The number of hydrogen-bond donors (Lipinski definition) is 0. The Morgan fingerprint density at radius 1 is 1.00 bits per heavy atom. The Kier molecular flexibility index (Phi) is 5.79. The first-order valence-electron chi connectivity index (χ1n) is 7.12. The Morgan fingerprint density at radius 2 is 1.62 bits per heavy atom. The summed E-state index contributed by atoms with van der Waals surface area (Å²) < 4.78 is 86.2. The standard InChI is InChI=1S/C17H12BrF6O2/c1-16(2,21)10-6-9(7-11(18)8-10)14-12(25-15(19)20)4-3-5-13(14)26-17(22,23)24/h4-8,15H,1-2H3. The molecule has 0 aliphatic rings. The molecule has 0 saturated heterocycles. The summed E-state index contributed by atoms with van der Waals surface area (Å²) >= 11 is 3.14. The molecule has 2 nitrogen and oxygen atoms in total. The van der Waals surface area contributed by atoms with Crippen LogP contribution in [-0.2, 0) is 5.67 Å². The van der Waals surface area contributed by atoms with Crippen molar-refractivity contribution in [3.8, 4) is 22.6 Å². The van der Waals surface area contributed by atoms with Crippen molar-refractivity contribution in [3.05, 3.63) is 46.4 Å². The van der Waals surface area contributed by atoms with Crippen molar-refractivity contribution in [2.24, 2.45) is 0 Å². The minimum Gasteiger partial charge on any atom is -0.434 e. The van der Waals surface area contributed by atoms with Gasteiger partial charge in [0.2, 0.25) is 0 Å².